The summed E-state index contributed by atoms with van der Waals surface area (Å²) in [5.74, 6) is 0.309. The average Bonchev–Trinajstić information content (AvgIpc) is 3.19. The molecule has 2 aromatic rings. The van der Waals surface area contributed by atoms with E-state index in [1.54, 1.807) is 34.8 Å². The van der Waals surface area contributed by atoms with Gasteiger partial charge in [0.15, 0.2) is 0 Å². The lowest BCUT2D eigenvalue weighted by atomic mass is 10.0. The van der Waals surface area contributed by atoms with Gasteiger partial charge in [-0.25, -0.2) is 13.2 Å². The van der Waals surface area contributed by atoms with Crippen LogP contribution in [0, 0.1) is 0 Å². The number of furan rings is 1. The van der Waals surface area contributed by atoms with E-state index in [0.29, 0.717) is 11.3 Å². The monoisotopic (exact) mass is 406 g/mol. The van der Waals surface area contributed by atoms with Crippen LogP contribution in [0.4, 0.5) is 0 Å². The first-order valence-electron chi connectivity index (χ1n) is 9.25. The molecule has 1 aliphatic heterocycles. The molecule has 152 valence electrons. The van der Waals surface area contributed by atoms with Gasteiger partial charge in [-0.3, -0.25) is 4.90 Å². The number of ether oxygens (including phenoxy) is 1. The smallest absolute Gasteiger partial charge is 0.337 e. The van der Waals surface area contributed by atoms with Crippen LogP contribution in [0.15, 0.2) is 47.1 Å². The second kappa shape index (κ2) is 8.89. The van der Waals surface area contributed by atoms with Crippen molar-refractivity contribution in [1.82, 2.24) is 9.21 Å². The Hall–Kier alpha value is -2.16. The number of hydrogen-bond donors (Lipinski definition) is 0. The second-order valence-electron chi connectivity index (χ2n) is 7.08. The third-order valence-electron chi connectivity index (χ3n) is 5.06. The Morgan fingerprint density at radius 3 is 2.43 bits per heavy atom. The van der Waals surface area contributed by atoms with Crippen LogP contribution in [0.25, 0.3) is 0 Å². The molecule has 0 bridgehead atoms. The fraction of sp³-hybridized carbons (Fsp3) is 0.450. The molecule has 0 spiro atoms. The summed E-state index contributed by atoms with van der Waals surface area (Å²) in [6, 6.07) is 10.9. The molecular weight excluding hydrogens is 380 g/mol. The molecule has 7 nitrogen and oxygen atoms in total. The van der Waals surface area contributed by atoms with Gasteiger partial charge in [-0.05, 0) is 42.7 Å². The van der Waals surface area contributed by atoms with E-state index in [4.69, 9.17) is 9.15 Å². The van der Waals surface area contributed by atoms with Gasteiger partial charge >= 0.3 is 5.97 Å². The minimum absolute atomic E-state index is 0.0296. The highest BCUT2D eigenvalue weighted by Crippen LogP contribution is 2.23. The summed E-state index contributed by atoms with van der Waals surface area (Å²) in [5.41, 5.74) is 1.65. The van der Waals surface area contributed by atoms with Crippen molar-refractivity contribution in [1.29, 1.82) is 0 Å². The van der Waals surface area contributed by atoms with Crippen LogP contribution < -0.4 is 0 Å². The molecule has 1 aliphatic rings. The summed E-state index contributed by atoms with van der Waals surface area (Å²) < 4.78 is 36.1. The van der Waals surface area contributed by atoms with Crippen molar-refractivity contribution in [3.8, 4) is 0 Å². The second-order valence-corrected chi connectivity index (χ2v) is 9.02. The number of rotatable bonds is 7. The molecule has 0 aliphatic carbocycles. The quantitative estimate of drug-likeness (QED) is 0.658. The summed E-state index contributed by atoms with van der Waals surface area (Å²) in [6.45, 7) is 2.66. The number of carbonyl (C=O) groups excluding carboxylic acids is 1. The van der Waals surface area contributed by atoms with Gasteiger partial charge in [0.1, 0.15) is 5.76 Å². The number of esters is 1. The maximum atomic E-state index is 12.3. The van der Waals surface area contributed by atoms with Crippen LogP contribution in [0.2, 0.25) is 0 Å². The first-order chi connectivity index (χ1) is 13.4. The highest BCUT2D eigenvalue weighted by molar-refractivity contribution is 7.88. The standard InChI is InChI=1S/C20H26N2O5S/c1-26-20(23)17-7-5-16(6-8-17)14-21-11-9-18(10-12-21)22(28(2,24)25)15-19-4-3-13-27-19/h3-8,13,18H,9-12,14-15H2,1-2H3. The van der Waals surface area contributed by atoms with Crippen molar-refractivity contribution >= 4 is 16.0 Å². The lowest BCUT2D eigenvalue weighted by Crippen LogP contribution is -2.46. The van der Waals surface area contributed by atoms with Gasteiger partial charge in [-0.2, -0.15) is 4.31 Å². The van der Waals surface area contributed by atoms with Crippen LogP contribution in [0.3, 0.4) is 0 Å². The summed E-state index contributed by atoms with van der Waals surface area (Å²) in [5, 5.41) is 0. The minimum Gasteiger partial charge on any atom is -0.468 e. The Balaban J connectivity index is 1.57. The Bertz CT molecular complexity index is 870. The predicted octanol–water partition coefficient (Wildman–Crippen LogP) is 2.49. The highest BCUT2D eigenvalue weighted by atomic mass is 32.2. The van der Waals surface area contributed by atoms with Crippen LogP contribution >= 0.6 is 0 Å². The van der Waals surface area contributed by atoms with Gasteiger partial charge in [-0.1, -0.05) is 12.1 Å². The number of methoxy groups -OCH3 is 1. The number of carbonyl (C=O) groups is 1. The van der Waals surface area contributed by atoms with E-state index >= 15 is 0 Å². The fourth-order valence-electron chi connectivity index (χ4n) is 3.56. The van der Waals surface area contributed by atoms with Crippen molar-refractivity contribution < 1.29 is 22.4 Å². The van der Waals surface area contributed by atoms with Crippen LogP contribution in [-0.4, -0.2) is 56.1 Å². The van der Waals surface area contributed by atoms with Crippen molar-refractivity contribution in [3.05, 3.63) is 59.5 Å². The Kier molecular flexibility index (Phi) is 6.53. The molecule has 3 rings (SSSR count). The maximum absolute atomic E-state index is 12.3. The number of benzene rings is 1. The Morgan fingerprint density at radius 1 is 1.21 bits per heavy atom. The zero-order valence-electron chi connectivity index (χ0n) is 16.2. The number of nitrogens with zero attached hydrogens (tertiary/aromatic N) is 2. The Morgan fingerprint density at radius 2 is 1.89 bits per heavy atom. The zero-order chi connectivity index (χ0) is 20.1. The first-order valence-corrected chi connectivity index (χ1v) is 11.1. The summed E-state index contributed by atoms with van der Waals surface area (Å²) >= 11 is 0. The van der Waals surface area contributed by atoms with Crippen LogP contribution in [0.1, 0.15) is 34.5 Å². The third kappa shape index (κ3) is 5.21. The molecule has 2 heterocycles. The van der Waals surface area contributed by atoms with E-state index in [1.165, 1.54) is 13.4 Å². The average molecular weight is 407 g/mol. The molecule has 8 heteroatoms. The highest BCUT2D eigenvalue weighted by Gasteiger charge is 2.30. The minimum atomic E-state index is -3.32. The number of piperidine rings is 1. The molecular formula is C20H26N2O5S. The van der Waals surface area contributed by atoms with Gasteiger partial charge in [0.05, 0.1) is 31.7 Å². The molecule has 0 saturated carbocycles. The largest absolute Gasteiger partial charge is 0.468 e. The molecule has 28 heavy (non-hydrogen) atoms. The lowest BCUT2D eigenvalue weighted by molar-refractivity contribution is 0.0600. The zero-order valence-corrected chi connectivity index (χ0v) is 17.0. The molecule has 0 unspecified atom stereocenters. The molecule has 1 saturated heterocycles. The van der Waals surface area contributed by atoms with Gasteiger partial charge in [0.25, 0.3) is 0 Å². The molecule has 0 atom stereocenters. The number of sulfonamides is 1. The normalized spacial score (nSPS) is 16.4. The van der Waals surface area contributed by atoms with Gasteiger partial charge in [-0.15, -0.1) is 0 Å². The molecule has 0 N–H and O–H groups in total. The van der Waals surface area contributed by atoms with Crippen LogP contribution in [-0.2, 0) is 27.8 Å². The molecule has 0 amide bonds. The summed E-state index contributed by atoms with van der Waals surface area (Å²) in [6.07, 6.45) is 4.36. The van der Waals surface area contributed by atoms with E-state index in [2.05, 4.69) is 4.90 Å². The topological polar surface area (TPSA) is 80.1 Å². The van der Waals surface area contributed by atoms with E-state index in [-0.39, 0.29) is 18.6 Å². The predicted molar refractivity (Wildman–Crippen MR) is 105 cm³/mol. The first kappa shape index (κ1) is 20.6. The van der Waals surface area contributed by atoms with Crippen molar-refractivity contribution in [2.24, 2.45) is 0 Å². The fourth-order valence-corrected chi connectivity index (χ4v) is 4.68. The van der Waals surface area contributed by atoms with Gasteiger partial charge < -0.3 is 9.15 Å². The maximum Gasteiger partial charge on any atom is 0.337 e. The SMILES string of the molecule is COC(=O)c1ccc(CN2CCC(N(Cc3ccco3)S(C)(=O)=O)CC2)cc1. The molecule has 1 aromatic carbocycles. The van der Waals surface area contributed by atoms with E-state index < -0.39 is 10.0 Å². The molecule has 0 radical (unpaired) electrons. The lowest BCUT2D eigenvalue weighted by Gasteiger charge is -2.37. The van der Waals surface area contributed by atoms with E-state index in [1.807, 2.05) is 12.1 Å². The number of hydrogen-bond acceptors (Lipinski definition) is 6. The van der Waals surface area contributed by atoms with Crippen LogP contribution in [0.5, 0.6) is 0 Å². The van der Waals surface area contributed by atoms with Gasteiger partial charge in [0.2, 0.25) is 10.0 Å². The summed E-state index contributed by atoms with van der Waals surface area (Å²) in [4.78, 5) is 13.8. The van der Waals surface area contributed by atoms with E-state index in [9.17, 15) is 13.2 Å². The van der Waals surface area contributed by atoms with Gasteiger partial charge in [0, 0.05) is 25.7 Å². The number of likely N-dealkylation sites (tertiary alicyclic amines) is 1. The van der Waals surface area contributed by atoms with Crippen molar-refractivity contribution in [2.75, 3.05) is 26.5 Å². The third-order valence-corrected chi connectivity index (χ3v) is 6.34. The van der Waals surface area contributed by atoms with E-state index in [0.717, 1.165) is 38.0 Å². The van der Waals surface area contributed by atoms with Crippen molar-refractivity contribution in [3.63, 3.8) is 0 Å². The van der Waals surface area contributed by atoms with Crippen molar-refractivity contribution in [2.45, 2.75) is 32.0 Å². The molecule has 1 aromatic heterocycles. The Labute approximate surface area is 165 Å². The summed E-state index contributed by atoms with van der Waals surface area (Å²) in [7, 11) is -1.95. The molecule has 1 fully saturated rings.